The molecule has 0 spiro atoms. The summed E-state index contributed by atoms with van der Waals surface area (Å²) < 4.78 is 18.3. The average molecular weight is 399 g/mol. The lowest BCUT2D eigenvalue weighted by atomic mass is 10.2. The highest BCUT2D eigenvalue weighted by Gasteiger charge is 2.13. The van der Waals surface area contributed by atoms with E-state index in [2.05, 4.69) is 27.7 Å². The Kier molecular flexibility index (Phi) is 7.52. The molecule has 0 amide bonds. The normalized spacial score (nSPS) is 12.4. The van der Waals surface area contributed by atoms with Crippen molar-refractivity contribution in [2.45, 2.75) is 19.2 Å². The number of aliphatic hydroxyl groups excluding tert-OH is 1. The summed E-state index contributed by atoms with van der Waals surface area (Å²) in [5, 5.41) is 11.8. The average Bonchev–Trinajstić information content (AvgIpc) is 3.11. The van der Waals surface area contributed by atoms with Gasteiger partial charge in [0.05, 0.1) is 19.8 Å². The Labute approximate surface area is 172 Å². The van der Waals surface area contributed by atoms with Crippen LogP contribution in [0.25, 0.3) is 10.9 Å². The number of para-hydroxylation sites is 1. The van der Waals surface area contributed by atoms with E-state index in [0.29, 0.717) is 44.3 Å². The summed E-state index contributed by atoms with van der Waals surface area (Å²) in [6.07, 6.45) is 1.56. The van der Waals surface area contributed by atoms with Gasteiger partial charge in [0.25, 0.3) is 0 Å². The van der Waals surface area contributed by atoms with Crippen molar-refractivity contribution >= 4 is 10.9 Å². The van der Waals surface area contributed by atoms with E-state index in [1.165, 1.54) is 5.39 Å². The van der Waals surface area contributed by atoms with Crippen molar-refractivity contribution < 1.29 is 19.3 Å². The molecule has 0 saturated heterocycles. The van der Waals surface area contributed by atoms with Gasteiger partial charge in [-0.15, -0.1) is 0 Å². The number of methoxy groups -OCH3 is 2. The number of hydrogen-bond acceptors (Lipinski definition) is 5. The van der Waals surface area contributed by atoms with Crippen LogP contribution in [0.1, 0.15) is 5.56 Å². The van der Waals surface area contributed by atoms with E-state index in [0.717, 1.165) is 11.1 Å². The van der Waals surface area contributed by atoms with Gasteiger partial charge in [0.2, 0.25) is 0 Å². The molecule has 0 bridgehead atoms. The van der Waals surface area contributed by atoms with Crippen molar-refractivity contribution in [2.75, 3.05) is 41.0 Å². The number of ether oxygens (including phenoxy) is 3. The molecule has 1 atom stereocenters. The zero-order valence-corrected chi connectivity index (χ0v) is 17.4. The molecule has 3 aromatic rings. The second-order valence-electron chi connectivity index (χ2n) is 7.20. The molecule has 0 radical (unpaired) electrons. The topological polar surface area (TPSA) is 56.1 Å². The highest BCUT2D eigenvalue weighted by atomic mass is 16.5. The Balaban J connectivity index is 1.58. The van der Waals surface area contributed by atoms with Crippen molar-refractivity contribution in [1.82, 2.24) is 9.47 Å². The molecular weight excluding hydrogens is 368 g/mol. The summed E-state index contributed by atoms with van der Waals surface area (Å²) in [6, 6.07) is 16.2. The molecule has 1 N–H and O–H groups in total. The lowest BCUT2D eigenvalue weighted by Crippen LogP contribution is -2.31. The van der Waals surface area contributed by atoms with Gasteiger partial charge in [0.15, 0.2) is 11.5 Å². The van der Waals surface area contributed by atoms with Gasteiger partial charge in [-0.1, -0.05) is 24.3 Å². The van der Waals surface area contributed by atoms with Crippen molar-refractivity contribution in [3.05, 3.63) is 60.3 Å². The number of hydrogen-bond donors (Lipinski definition) is 1. The SMILES string of the molecule is COCCOc1cc(CN(C)C[C@@H](O)Cn2ccc3ccccc32)ccc1OC. The third kappa shape index (κ3) is 5.73. The van der Waals surface area contributed by atoms with Gasteiger partial charge < -0.3 is 23.9 Å². The summed E-state index contributed by atoms with van der Waals surface area (Å²) in [6.45, 7) is 2.82. The minimum absolute atomic E-state index is 0.466. The fourth-order valence-electron chi connectivity index (χ4n) is 3.49. The van der Waals surface area contributed by atoms with Gasteiger partial charge in [0.1, 0.15) is 6.61 Å². The van der Waals surface area contributed by atoms with Crippen molar-refractivity contribution in [3.8, 4) is 11.5 Å². The molecular formula is C23H30N2O4. The molecule has 0 aliphatic carbocycles. The maximum atomic E-state index is 10.6. The molecule has 1 heterocycles. The summed E-state index contributed by atoms with van der Waals surface area (Å²) in [5.41, 5.74) is 2.24. The van der Waals surface area contributed by atoms with Crippen LogP contribution in [0.3, 0.4) is 0 Å². The van der Waals surface area contributed by atoms with Crippen LogP contribution in [0.4, 0.5) is 0 Å². The first-order chi connectivity index (χ1) is 14.1. The molecule has 3 rings (SSSR count). The largest absolute Gasteiger partial charge is 0.493 e. The number of likely N-dealkylation sites (N-methyl/N-ethyl adjacent to an activating group) is 1. The Morgan fingerprint density at radius 3 is 2.66 bits per heavy atom. The number of aromatic nitrogens is 1. The zero-order chi connectivity index (χ0) is 20.6. The predicted molar refractivity (Wildman–Crippen MR) is 115 cm³/mol. The fraction of sp³-hybridized carbons (Fsp3) is 0.391. The van der Waals surface area contributed by atoms with Gasteiger partial charge in [-0.2, -0.15) is 0 Å². The van der Waals surface area contributed by atoms with Crippen LogP contribution >= 0.6 is 0 Å². The van der Waals surface area contributed by atoms with E-state index in [1.807, 2.05) is 43.6 Å². The molecule has 6 heteroatoms. The first-order valence-electron chi connectivity index (χ1n) is 9.80. The number of aliphatic hydroxyl groups is 1. The third-order valence-corrected chi connectivity index (χ3v) is 4.84. The molecule has 0 fully saturated rings. The molecule has 0 unspecified atom stereocenters. The molecule has 156 valence electrons. The quantitative estimate of drug-likeness (QED) is 0.503. The molecule has 0 aliphatic rings. The van der Waals surface area contributed by atoms with Gasteiger partial charge in [-0.05, 0) is 42.3 Å². The Hall–Kier alpha value is -2.54. The summed E-state index contributed by atoms with van der Waals surface area (Å²) >= 11 is 0. The van der Waals surface area contributed by atoms with Crippen LogP contribution < -0.4 is 9.47 Å². The summed E-state index contributed by atoms with van der Waals surface area (Å²) in [4.78, 5) is 2.11. The maximum absolute atomic E-state index is 10.6. The summed E-state index contributed by atoms with van der Waals surface area (Å²) in [7, 11) is 5.28. The number of nitrogens with zero attached hydrogens (tertiary/aromatic N) is 2. The van der Waals surface area contributed by atoms with Crippen LogP contribution in [-0.4, -0.2) is 61.7 Å². The molecule has 6 nitrogen and oxygen atoms in total. The number of rotatable bonds is 11. The predicted octanol–water partition coefficient (Wildman–Crippen LogP) is 3.17. The third-order valence-electron chi connectivity index (χ3n) is 4.84. The van der Waals surface area contributed by atoms with Gasteiger partial charge >= 0.3 is 0 Å². The van der Waals surface area contributed by atoms with E-state index < -0.39 is 6.10 Å². The van der Waals surface area contributed by atoms with Crippen LogP contribution in [0.15, 0.2) is 54.7 Å². The maximum Gasteiger partial charge on any atom is 0.161 e. The molecule has 0 saturated carbocycles. The molecule has 29 heavy (non-hydrogen) atoms. The lowest BCUT2D eigenvalue weighted by Gasteiger charge is -2.22. The molecule has 2 aromatic carbocycles. The Bertz CT molecular complexity index is 909. The highest BCUT2D eigenvalue weighted by Crippen LogP contribution is 2.28. The van der Waals surface area contributed by atoms with Crippen molar-refractivity contribution in [1.29, 1.82) is 0 Å². The summed E-state index contributed by atoms with van der Waals surface area (Å²) in [5.74, 6) is 1.40. The smallest absolute Gasteiger partial charge is 0.161 e. The van der Waals surface area contributed by atoms with E-state index in [4.69, 9.17) is 14.2 Å². The van der Waals surface area contributed by atoms with E-state index >= 15 is 0 Å². The zero-order valence-electron chi connectivity index (χ0n) is 17.4. The van der Waals surface area contributed by atoms with Crippen LogP contribution in [0.5, 0.6) is 11.5 Å². The van der Waals surface area contributed by atoms with Gasteiger partial charge in [0, 0.05) is 38.5 Å². The molecule has 1 aromatic heterocycles. The minimum Gasteiger partial charge on any atom is -0.493 e. The standard InChI is InChI=1S/C23H30N2O4/c1-24(15-18-8-9-22(28-3)23(14-18)29-13-12-27-2)16-20(26)17-25-11-10-19-6-4-5-7-21(19)25/h4-11,14,20,26H,12-13,15-17H2,1-3H3/t20-/m1/s1. The van der Waals surface area contributed by atoms with Crippen LogP contribution in [0, 0.1) is 0 Å². The van der Waals surface area contributed by atoms with Gasteiger partial charge in [-0.3, -0.25) is 4.90 Å². The number of benzene rings is 2. The van der Waals surface area contributed by atoms with E-state index in [-0.39, 0.29) is 0 Å². The number of fused-ring (bicyclic) bond motifs is 1. The second-order valence-corrected chi connectivity index (χ2v) is 7.20. The minimum atomic E-state index is -0.466. The highest BCUT2D eigenvalue weighted by molar-refractivity contribution is 5.79. The Morgan fingerprint density at radius 1 is 1.03 bits per heavy atom. The first kappa shape index (κ1) is 21.2. The Morgan fingerprint density at radius 2 is 1.86 bits per heavy atom. The second kappa shape index (κ2) is 10.3. The lowest BCUT2D eigenvalue weighted by molar-refractivity contribution is 0.108. The monoisotopic (exact) mass is 398 g/mol. The van der Waals surface area contributed by atoms with Gasteiger partial charge in [-0.25, -0.2) is 0 Å². The van der Waals surface area contributed by atoms with Crippen molar-refractivity contribution in [3.63, 3.8) is 0 Å². The van der Waals surface area contributed by atoms with E-state index in [9.17, 15) is 5.11 Å². The fourth-order valence-corrected chi connectivity index (χ4v) is 3.49. The van der Waals surface area contributed by atoms with Crippen LogP contribution in [0.2, 0.25) is 0 Å². The van der Waals surface area contributed by atoms with Crippen molar-refractivity contribution in [2.24, 2.45) is 0 Å². The van der Waals surface area contributed by atoms with E-state index in [1.54, 1.807) is 14.2 Å². The molecule has 0 aliphatic heterocycles. The first-order valence-corrected chi connectivity index (χ1v) is 9.80. The van der Waals surface area contributed by atoms with Crippen LogP contribution in [-0.2, 0) is 17.8 Å².